The number of amides is 1. The van der Waals surface area contributed by atoms with Crippen molar-refractivity contribution in [1.82, 2.24) is 10.0 Å². The molecule has 1 aromatic heterocycles. The Kier molecular flexibility index (Phi) is 6.26. The van der Waals surface area contributed by atoms with Crippen LogP contribution in [0.25, 0.3) is 10.2 Å². The summed E-state index contributed by atoms with van der Waals surface area (Å²) in [4.78, 5) is 22.2. The molecule has 0 unspecified atom stereocenters. The van der Waals surface area contributed by atoms with Crippen LogP contribution in [0, 0.1) is 0 Å². The number of carbonyl (C=O) groups excluding carboxylic acids is 1. The molecule has 0 saturated carbocycles. The van der Waals surface area contributed by atoms with Crippen LogP contribution in [0.3, 0.4) is 0 Å². The van der Waals surface area contributed by atoms with E-state index in [2.05, 4.69) is 10.3 Å². The van der Waals surface area contributed by atoms with E-state index in [1.165, 1.54) is 17.8 Å². The van der Waals surface area contributed by atoms with Gasteiger partial charge in [-0.15, -0.1) is 5.06 Å². The highest BCUT2D eigenvalue weighted by Gasteiger charge is 2.23. The predicted octanol–water partition coefficient (Wildman–Crippen LogP) is 3.38. The first-order valence-corrected chi connectivity index (χ1v) is 10.4. The van der Waals surface area contributed by atoms with Crippen molar-refractivity contribution in [1.29, 1.82) is 0 Å². The second-order valence-electron chi connectivity index (χ2n) is 6.89. The minimum absolute atomic E-state index is 0.115. The monoisotopic (exact) mass is 407 g/mol. The van der Waals surface area contributed by atoms with E-state index in [1.54, 1.807) is 12.2 Å². The molecule has 2 aromatic rings. The van der Waals surface area contributed by atoms with Gasteiger partial charge in [0.05, 0.1) is 38.2 Å². The van der Waals surface area contributed by atoms with Crippen LogP contribution < -0.4 is 10.1 Å². The highest BCUT2D eigenvalue weighted by molar-refractivity contribution is 7.22. The van der Waals surface area contributed by atoms with E-state index in [1.807, 2.05) is 12.1 Å². The van der Waals surface area contributed by atoms with Crippen molar-refractivity contribution < 1.29 is 23.8 Å². The number of hydrogen-bond acceptors (Lipinski definition) is 8. The standard InChI is InChI=1S/C19H25N3O5S/c1-24-15-6-5-14(13-11-25-9-10-26-12-13)17-16(15)20-18(28-17)21-19(23)27-22-7-3-2-4-8-22/h5-6,13H,2-4,7-12H2,1H3,(H,20,21,23). The summed E-state index contributed by atoms with van der Waals surface area (Å²) in [6.45, 7) is 3.94. The van der Waals surface area contributed by atoms with E-state index < -0.39 is 6.09 Å². The Labute approximate surface area is 167 Å². The van der Waals surface area contributed by atoms with Crippen LogP contribution >= 0.6 is 11.3 Å². The number of rotatable bonds is 4. The SMILES string of the molecule is COc1ccc(C2COCCOC2)c2sc(NC(=O)ON3CCCCC3)nc12. The van der Waals surface area contributed by atoms with Crippen LogP contribution in [-0.2, 0) is 14.3 Å². The Morgan fingerprint density at radius 3 is 2.68 bits per heavy atom. The molecule has 1 aromatic carbocycles. The molecular weight excluding hydrogens is 382 g/mol. The van der Waals surface area contributed by atoms with Gasteiger partial charge in [-0.3, -0.25) is 5.32 Å². The largest absolute Gasteiger partial charge is 0.494 e. The van der Waals surface area contributed by atoms with Crippen molar-refractivity contribution in [3.8, 4) is 5.75 Å². The van der Waals surface area contributed by atoms with Gasteiger partial charge in [-0.2, -0.15) is 0 Å². The number of nitrogens with zero attached hydrogens (tertiary/aromatic N) is 2. The Hall–Kier alpha value is -1.94. The van der Waals surface area contributed by atoms with Crippen molar-refractivity contribution in [2.24, 2.45) is 0 Å². The quantitative estimate of drug-likeness (QED) is 0.832. The molecule has 0 radical (unpaired) electrons. The van der Waals surface area contributed by atoms with Crippen LogP contribution in [0.5, 0.6) is 5.75 Å². The second kappa shape index (κ2) is 9.04. The summed E-state index contributed by atoms with van der Waals surface area (Å²) in [5.74, 6) is 0.785. The smallest absolute Gasteiger partial charge is 0.432 e. The highest BCUT2D eigenvalue weighted by Crippen LogP contribution is 2.38. The number of methoxy groups -OCH3 is 1. The molecule has 4 rings (SSSR count). The Morgan fingerprint density at radius 1 is 1.21 bits per heavy atom. The van der Waals surface area contributed by atoms with Crippen molar-refractivity contribution in [2.45, 2.75) is 25.2 Å². The minimum Gasteiger partial charge on any atom is -0.494 e. The van der Waals surface area contributed by atoms with Crippen LogP contribution in [0.15, 0.2) is 12.1 Å². The molecule has 2 fully saturated rings. The van der Waals surface area contributed by atoms with Crippen molar-refractivity contribution >= 4 is 32.8 Å². The number of nitrogens with one attached hydrogen (secondary N) is 1. The van der Waals surface area contributed by atoms with Gasteiger partial charge in [0.2, 0.25) is 0 Å². The van der Waals surface area contributed by atoms with E-state index in [0.29, 0.717) is 37.3 Å². The summed E-state index contributed by atoms with van der Waals surface area (Å²) in [5, 5.41) is 4.95. The summed E-state index contributed by atoms with van der Waals surface area (Å²) in [6.07, 6.45) is 2.75. The minimum atomic E-state index is -0.511. The number of thiazole rings is 1. The molecule has 2 saturated heterocycles. The van der Waals surface area contributed by atoms with Gasteiger partial charge in [0.1, 0.15) is 11.3 Å². The number of aromatic nitrogens is 1. The molecule has 1 amide bonds. The zero-order chi connectivity index (χ0) is 19.3. The molecule has 3 heterocycles. The van der Waals surface area contributed by atoms with Crippen molar-refractivity contribution in [2.75, 3.05) is 51.9 Å². The molecule has 1 N–H and O–H groups in total. The maximum atomic E-state index is 12.3. The molecule has 0 spiro atoms. The van der Waals surface area contributed by atoms with Gasteiger partial charge in [-0.25, -0.2) is 9.78 Å². The molecule has 28 heavy (non-hydrogen) atoms. The van der Waals surface area contributed by atoms with Crippen molar-refractivity contribution in [3.63, 3.8) is 0 Å². The summed E-state index contributed by atoms with van der Waals surface area (Å²) in [6, 6.07) is 3.93. The lowest BCUT2D eigenvalue weighted by Crippen LogP contribution is -2.34. The highest BCUT2D eigenvalue weighted by atomic mass is 32.1. The zero-order valence-electron chi connectivity index (χ0n) is 15.9. The molecule has 2 aliphatic heterocycles. The lowest BCUT2D eigenvalue weighted by molar-refractivity contribution is -0.105. The topological polar surface area (TPSA) is 82.1 Å². The average Bonchev–Trinajstić information content (AvgIpc) is 2.94. The van der Waals surface area contributed by atoms with E-state index >= 15 is 0 Å². The fourth-order valence-electron chi connectivity index (χ4n) is 3.52. The first-order valence-electron chi connectivity index (χ1n) is 9.61. The molecule has 152 valence electrons. The van der Waals surface area contributed by atoms with Gasteiger partial charge >= 0.3 is 6.09 Å². The average molecular weight is 407 g/mol. The predicted molar refractivity (Wildman–Crippen MR) is 106 cm³/mol. The molecule has 2 aliphatic rings. The summed E-state index contributed by atoms with van der Waals surface area (Å²) >= 11 is 1.41. The lowest BCUT2D eigenvalue weighted by atomic mass is 10.0. The molecule has 8 nitrogen and oxygen atoms in total. The van der Waals surface area contributed by atoms with Gasteiger partial charge in [0.15, 0.2) is 5.13 Å². The number of fused-ring (bicyclic) bond motifs is 1. The molecular formula is C19H25N3O5S. The lowest BCUT2D eigenvalue weighted by Gasteiger charge is -2.24. The van der Waals surface area contributed by atoms with Gasteiger partial charge in [0.25, 0.3) is 0 Å². The number of hydrogen-bond donors (Lipinski definition) is 1. The second-order valence-corrected chi connectivity index (χ2v) is 7.89. The van der Waals surface area contributed by atoms with Crippen LogP contribution in [0.2, 0.25) is 0 Å². The number of piperidine rings is 1. The van der Waals surface area contributed by atoms with Gasteiger partial charge < -0.3 is 19.0 Å². The molecule has 0 atom stereocenters. The van der Waals surface area contributed by atoms with Crippen LogP contribution in [0.1, 0.15) is 30.7 Å². The Bertz CT molecular complexity index is 813. The number of hydroxylamine groups is 2. The molecule has 0 bridgehead atoms. The fourth-order valence-corrected chi connectivity index (χ4v) is 4.58. The van der Waals surface area contributed by atoms with E-state index in [4.69, 9.17) is 19.0 Å². The number of benzene rings is 1. The number of ether oxygens (including phenoxy) is 3. The van der Waals surface area contributed by atoms with E-state index in [0.717, 1.165) is 41.7 Å². The van der Waals surface area contributed by atoms with Crippen molar-refractivity contribution in [3.05, 3.63) is 17.7 Å². The summed E-state index contributed by atoms with van der Waals surface area (Å²) < 4.78 is 17.7. The molecule has 9 heteroatoms. The van der Waals surface area contributed by atoms with Gasteiger partial charge in [-0.1, -0.05) is 23.8 Å². The third-order valence-electron chi connectivity index (χ3n) is 4.94. The van der Waals surface area contributed by atoms with Gasteiger partial charge in [0, 0.05) is 19.0 Å². The number of anilines is 1. The zero-order valence-corrected chi connectivity index (χ0v) is 16.8. The first-order chi connectivity index (χ1) is 13.7. The third-order valence-corrected chi connectivity index (χ3v) is 5.96. The van der Waals surface area contributed by atoms with Gasteiger partial charge in [-0.05, 0) is 24.5 Å². The molecule has 0 aliphatic carbocycles. The van der Waals surface area contributed by atoms with E-state index in [-0.39, 0.29) is 5.92 Å². The van der Waals surface area contributed by atoms with Crippen LogP contribution in [0.4, 0.5) is 9.93 Å². The fraction of sp³-hybridized carbons (Fsp3) is 0.579. The Morgan fingerprint density at radius 2 is 1.96 bits per heavy atom. The number of carbonyl (C=O) groups is 1. The Balaban J connectivity index is 1.55. The normalized spacial score (nSPS) is 19.3. The maximum Gasteiger partial charge on any atom is 0.432 e. The van der Waals surface area contributed by atoms with Crippen LogP contribution in [-0.4, -0.2) is 62.8 Å². The summed E-state index contributed by atoms with van der Waals surface area (Å²) in [7, 11) is 1.61. The summed E-state index contributed by atoms with van der Waals surface area (Å²) in [5.41, 5.74) is 1.81. The maximum absolute atomic E-state index is 12.3. The first kappa shape index (κ1) is 19.4. The third kappa shape index (κ3) is 4.38. The van der Waals surface area contributed by atoms with E-state index in [9.17, 15) is 4.79 Å².